The topological polar surface area (TPSA) is 87.2 Å². The lowest BCUT2D eigenvalue weighted by molar-refractivity contribution is -0.151. The van der Waals surface area contributed by atoms with E-state index >= 15 is 0 Å². The van der Waals surface area contributed by atoms with Crippen LogP contribution in [0.3, 0.4) is 0 Å². The fourth-order valence-electron chi connectivity index (χ4n) is 3.60. The van der Waals surface area contributed by atoms with E-state index in [1.807, 2.05) is 6.92 Å². The molecule has 30 heavy (non-hydrogen) atoms. The highest BCUT2D eigenvalue weighted by atomic mass is 32.2. The van der Waals surface area contributed by atoms with E-state index < -0.39 is 47.3 Å². The summed E-state index contributed by atoms with van der Waals surface area (Å²) in [7, 11) is -3.75. The Bertz CT molecular complexity index is 897. The van der Waals surface area contributed by atoms with Crippen LogP contribution in [-0.4, -0.2) is 79.5 Å². The van der Waals surface area contributed by atoms with E-state index in [9.17, 15) is 31.2 Å². The third-order valence-electron chi connectivity index (χ3n) is 5.06. The molecule has 0 saturated carbocycles. The van der Waals surface area contributed by atoms with Crippen LogP contribution < -0.4 is 4.74 Å². The number of sulfonamides is 1. The van der Waals surface area contributed by atoms with Crippen molar-refractivity contribution in [1.82, 2.24) is 14.1 Å². The number of urea groups is 1. The number of carbonyl (C=O) groups excluding carboxylic acids is 2. The molecule has 0 aliphatic carbocycles. The molecule has 3 rings (SSSR count). The van der Waals surface area contributed by atoms with Crippen LogP contribution >= 0.6 is 0 Å². The molecule has 12 heteroatoms. The van der Waals surface area contributed by atoms with E-state index in [4.69, 9.17) is 4.74 Å². The summed E-state index contributed by atoms with van der Waals surface area (Å²) in [6.45, 7) is 0.416. The fraction of sp³-hybridized carbons (Fsp3) is 0.556. The number of alkyl halides is 3. The number of hydrogen-bond donors (Lipinski definition) is 0. The lowest BCUT2D eigenvalue weighted by Gasteiger charge is -2.35. The largest absolute Gasteiger partial charge is 0.494 e. The van der Waals surface area contributed by atoms with E-state index in [0.29, 0.717) is 12.4 Å². The number of ether oxygens (including phenoxy) is 1. The molecular weight excluding hydrogens is 427 g/mol. The second-order valence-electron chi connectivity index (χ2n) is 7.05. The number of halogens is 3. The van der Waals surface area contributed by atoms with Gasteiger partial charge in [-0.2, -0.15) is 17.5 Å². The molecule has 2 fully saturated rings. The first kappa shape index (κ1) is 22.3. The number of benzene rings is 1. The Balaban J connectivity index is 1.63. The van der Waals surface area contributed by atoms with Crippen LogP contribution in [0.25, 0.3) is 0 Å². The van der Waals surface area contributed by atoms with Gasteiger partial charge in [-0.3, -0.25) is 9.69 Å². The molecule has 0 spiro atoms. The Kier molecular flexibility index (Phi) is 6.27. The molecular formula is C18H22F3N3O5S. The standard InChI is InChI=1S/C18H22F3N3O5S/c1-2-29-14-3-5-15(6-4-14)30(27,28)22-9-7-13(8-10-22)23-11-16(25)24(17(23)26)12-18(19,20)21/h3-6,13H,2,7-12H2,1H3. The molecule has 2 saturated heterocycles. The highest BCUT2D eigenvalue weighted by Crippen LogP contribution is 2.28. The van der Waals surface area contributed by atoms with Crippen molar-refractivity contribution in [3.63, 3.8) is 0 Å². The molecule has 0 atom stereocenters. The van der Waals surface area contributed by atoms with E-state index in [-0.39, 0.29) is 35.7 Å². The zero-order chi connectivity index (χ0) is 22.1. The third-order valence-corrected chi connectivity index (χ3v) is 6.97. The van der Waals surface area contributed by atoms with Gasteiger partial charge >= 0.3 is 12.2 Å². The maximum Gasteiger partial charge on any atom is 0.406 e. The number of hydrogen-bond acceptors (Lipinski definition) is 5. The maximum absolute atomic E-state index is 12.8. The molecule has 0 radical (unpaired) electrons. The summed E-state index contributed by atoms with van der Waals surface area (Å²) in [5, 5.41) is 0. The van der Waals surface area contributed by atoms with Crippen molar-refractivity contribution in [2.45, 2.75) is 36.9 Å². The van der Waals surface area contributed by atoms with Gasteiger partial charge in [-0.05, 0) is 44.0 Å². The molecule has 0 N–H and O–H groups in total. The highest BCUT2D eigenvalue weighted by molar-refractivity contribution is 7.89. The second kappa shape index (κ2) is 8.42. The number of carbonyl (C=O) groups is 2. The molecule has 0 unspecified atom stereocenters. The average Bonchev–Trinajstić information content (AvgIpc) is 2.96. The second-order valence-corrected chi connectivity index (χ2v) is 8.98. The zero-order valence-electron chi connectivity index (χ0n) is 16.3. The van der Waals surface area contributed by atoms with E-state index in [2.05, 4.69) is 0 Å². The minimum atomic E-state index is -4.67. The van der Waals surface area contributed by atoms with Gasteiger partial charge in [-0.1, -0.05) is 0 Å². The van der Waals surface area contributed by atoms with Gasteiger partial charge in [0, 0.05) is 19.1 Å². The van der Waals surface area contributed by atoms with Crippen LogP contribution in [0, 0.1) is 0 Å². The van der Waals surface area contributed by atoms with Gasteiger partial charge in [-0.25, -0.2) is 13.2 Å². The number of nitrogens with zero attached hydrogens (tertiary/aromatic N) is 3. The molecule has 1 aromatic carbocycles. The summed E-state index contributed by atoms with van der Waals surface area (Å²) in [5.74, 6) is -0.349. The summed E-state index contributed by atoms with van der Waals surface area (Å²) in [5.41, 5.74) is 0. The quantitative estimate of drug-likeness (QED) is 0.621. The Morgan fingerprint density at radius 1 is 1.10 bits per heavy atom. The van der Waals surface area contributed by atoms with Gasteiger partial charge in [0.2, 0.25) is 10.0 Å². The normalized spacial score (nSPS) is 19.6. The summed E-state index contributed by atoms with van der Waals surface area (Å²) in [4.78, 5) is 25.5. The minimum absolute atomic E-state index is 0.0947. The van der Waals surface area contributed by atoms with Gasteiger partial charge in [0.05, 0.1) is 11.5 Å². The first-order valence-corrected chi connectivity index (χ1v) is 10.9. The number of amides is 3. The summed E-state index contributed by atoms with van der Waals surface area (Å²) < 4.78 is 70.0. The summed E-state index contributed by atoms with van der Waals surface area (Å²) in [6, 6.07) is 4.55. The first-order chi connectivity index (χ1) is 14.0. The van der Waals surface area contributed by atoms with Gasteiger partial charge in [-0.15, -0.1) is 0 Å². The Morgan fingerprint density at radius 2 is 1.70 bits per heavy atom. The Morgan fingerprint density at radius 3 is 2.23 bits per heavy atom. The maximum atomic E-state index is 12.8. The lowest BCUT2D eigenvalue weighted by Crippen LogP contribution is -2.48. The Hall–Kier alpha value is -2.34. The van der Waals surface area contributed by atoms with E-state index in [0.717, 1.165) is 4.90 Å². The Labute approximate surface area is 172 Å². The lowest BCUT2D eigenvalue weighted by atomic mass is 10.1. The van der Waals surface area contributed by atoms with Crippen molar-refractivity contribution in [3.8, 4) is 5.75 Å². The highest BCUT2D eigenvalue weighted by Gasteiger charge is 2.46. The van der Waals surface area contributed by atoms with Crippen molar-refractivity contribution < 1.29 is 35.9 Å². The average molecular weight is 449 g/mol. The van der Waals surface area contributed by atoms with Crippen molar-refractivity contribution >= 4 is 22.0 Å². The fourth-order valence-corrected chi connectivity index (χ4v) is 5.07. The van der Waals surface area contributed by atoms with Crippen LogP contribution in [0.1, 0.15) is 19.8 Å². The smallest absolute Gasteiger partial charge is 0.406 e. The van der Waals surface area contributed by atoms with E-state index in [1.165, 1.54) is 16.4 Å². The minimum Gasteiger partial charge on any atom is -0.494 e. The third kappa shape index (κ3) is 4.69. The van der Waals surface area contributed by atoms with Crippen LogP contribution in [-0.2, 0) is 14.8 Å². The zero-order valence-corrected chi connectivity index (χ0v) is 17.1. The van der Waals surface area contributed by atoms with Gasteiger partial charge in [0.25, 0.3) is 5.91 Å². The molecule has 0 bridgehead atoms. The molecule has 8 nitrogen and oxygen atoms in total. The van der Waals surface area contributed by atoms with E-state index in [1.54, 1.807) is 12.1 Å². The van der Waals surface area contributed by atoms with Gasteiger partial charge < -0.3 is 9.64 Å². The SMILES string of the molecule is CCOc1ccc(S(=O)(=O)N2CCC(N3CC(=O)N(CC(F)(F)F)C3=O)CC2)cc1. The van der Waals surface area contributed by atoms with Crippen molar-refractivity contribution in [2.75, 3.05) is 32.8 Å². The monoisotopic (exact) mass is 449 g/mol. The molecule has 3 amide bonds. The van der Waals surface area contributed by atoms with Crippen molar-refractivity contribution in [3.05, 3.63) is 24.3 Å². The van der Waals surface area contributed by atoms with Crippen LogP contribution in [0.5, 0.6) is 5.75 Å². The van der Waals surface area contributed by atoms with Crippen LogP contribution in [0.15, 0.2) is 29.2 Å². The number of piperidine rings is 1. The van der Waals surface area contributed by atoms with Crippen LogP contribution in [0.2, 0.25) is 0 Å². The molecule has 0 aromatic heterocycles. The molecule has 2 heterocycles. The predicted molar refractivity (Wildman–Crippen MR) is 99.3 cm³/mol. The summed E-state index contributed by atoms with van der Waals surface area (Å²) >= 11 is 0. The number of imide groups is 1. The first-order valence-electron chi connectivity index (χ1n) is 9.43. The van der Waals surface area contributed by atoms with Crippen molar-refractivity contribution in [2.24, 2.45) is 0 Å². The van der Waals surface area contributed by atoms with Crippen molar-refractivity contribution in [1.29, 1.82) is 0 Å². The molecule has 166 valence electrons. The molecule has 2 aliphatic heterocycles. The summed E-state index contributed by atoms with van der Waals surface area (Å²) in [6.07, 6.45) is -4.21. The predicted octanol–water partition coefficient (Wildman–Crippen LogP) is 2.06. The van der Waals surface area contributed by atoms with Gasteiger partial charge in [0.1, 0.15) is 18.8 Å². The molecule has 1 aromatic rings. The van der Waals surface area contributed by atoms with Gasteiger partial charge in [0.15, 0.2) is 0 Å². The van der Waals surface area contributed by atoms with Crippen LogP contribution in [0.4, 0.5) is 18.0 Å². The molecule has 2 aliphatic rings. The number of rotatable bonds is 6.